The normalized spacial score (nSPS) is 14.6. The van der Waals surface area contributed by atoms with Crippen LogP contribution < -0.4 is 24.3 Å². The van der Waals surface area contributed by atoms with Gasteiger partial charge >= 0.3 is 0 Å². The van der Waals surface area contributed by atoms with E-state index in [0.717, 1.165) is 36.9 Å². The van der Waals surface area contributed by atoms with Crippen LogP contribution in [-0.2, 0) is 6.54 Å². The standard InChI is InChI=1S/C26H32ClFN4O4/c1-5-35-22-11-16(12-23(24(22)28)36-6-2)15-32-9-7-17(8-10-32)29-25-18-13-20(33-3)21(34-4)14-19(18)30-26(27)31-25/h11-14,17H,5-10,15H2,1-4H3,(H,29,30,31). The maximum Gasteiger partial charge on any atom is 0.224 e. The molecule has 3 aromatic rings. The van der Waals surface area contributed by atoms with Crippen molar-refractivity contribution in [3.8, 4) is 23.0 Å². The highest BCUT2D eigenvalue weighted by atomic mass is 35.5. The molecule has 0 amide bonds. The Labute approximate surface area is 215 Å². The lowest BCUT2D eigenvalue weighted by Gasteiger charge is -2.33. The van der Waals surface area contributed by atoms with Gasteiger partial charge in [-0.25, -0.2) is 9.97 Å². The maximum absolute atomic E-state index is 14.6. The molecule has 1 saturated heterocycles. The zero-order valence-electron chi connectivity index (χ0n) is 21.1. The number of anilines is 1. The number of ether oxygens (including phenoxy) is 4. The number of benzene rings is 2. The average molecular weight is 519 g/mol. The van der Waals surface area contributed by atoms with Gasteiger partial charge in [0.05, 0.1) is 33.0 Å². The number of hydrogen-bond donors (Lipinski definition) is 1. The summed E-state index contributed by atoms with van der Waals surface area (Å²) in [6.07, 6.45) is 1.82. The van der Waals surface area contributed by atoms with E-state index in [4.69, 9.17) is 30.5 Å². The van der Waals surface area contributed by atoms with Gasteiger partial charge in [-0.15, -0.1) is 0 Å². The molecule has 0 saturated carbocycles. The van der Waals surface area contributed by atoms with Crippen molar-refractivity contribution in [2.45, 2.75) is 39.3 Å². The highest BCUT2D eigenvalue weighted by molar-refractivity contribution is 6.28. The predicted octanol–water partition coefficient (Wildman–Crippen LogP) is 5.31. The monoisotopic (exact) mass is 518 g/mol. The number of rotatable bonds is 10. The van der Waals surface area contributed by atoms with Crippen LogP contribution in [0, 0.1) is 5.82 Å². The molecule has 1 aliphatic rings. The van der Waals surface area contributed by atoms with Gasteiger partial charge in [0.15, 0.2) is 23.0 Å². The van der Waals surface area contributed by atoms with Gasteiger partial charge in [-0.1, -0.05) is 0 Å². The SMILES string of the molecule is CCOc1cc(CN2CCC(Nc3nc(Cl)nc4cc(OC)c(OC)cc34)CC2)cc(OCC)c1F. The summed E-state index contributed by atoms with van der Waals surface area (Å²) < 4.78 is 36.4. The third-order valence-electron chi connectivity index (χ3n) is 6.17. The van der Waals surface area contributed by atoms with Gasteiger partial charge < -0.3 is 24.3 Å². The van der Waals surface area contributed by atoms with Crippen LogP contribution in [0.15, 0.2) is 24.3 Å². The van der Waals surface area contributed by atoms with E-state index in [0.29, 0.717) is 42.6 Å². The molecule has 4 rings (SSSR count). The van der Waals surface area contributed by atoms with Crippen LogP contribution in [0.2, 0.25) is 5.28 Å². The molecule has 194 valence electrons. The number of hydrogen-bond acceptors (Lipinski definition) is 8. The first-order valence-corrected chi connectivity index (χ1v) is 12.5. The van der Waals surface area contributed by atoms with E-state index in [1.54, 1.807) is 32.4 Å². The van der Waals surface area contributed by atoms with Crippen LogP contribution in [0.3, 0.4) is 0 Å². The molecule has 1 aliphatic heterocycles. The Bertz CT molecular complexity index is 1180. The molecule has 0 atom stereocenters. The fourth-order valence-electron chi connectivity index (χ4n) is 4.46. The first kappa shape index (κ1) is 26.0. The van der Waals surface area contributed by atoms with Gasteiger partial charge in [-0.05, 0) is 62.1 Å². The van der Waals surface area contributed by atoms with Crippen molar-refractivity contribution in [3.05, 3.63) is 40.9 Å². The molecule has 0 radical (unpaired) electrons. The highest BCUT2D eigenvalue weighted by Crippen LogP contribution is 2.35. The van der Waals surface area contributed by atoms with E-state index in [9.17, 15) is 4.39 Å². The zero-order chi connectivity index (χ0) is 25.7. The lowest BCUT2D eigenvalue weighted by atomic mass is 10.0. The average Bonchev–Trinajstić information content (AvgIpc) is 2.87. The molecular formula is C26H32ClFN4O4. The Morgan fingerprint density at radius 2 is 1.56 bits per heavy atom. The Balaban J connectivity index is 1.45. The fourth-order valence-corrected chi connectivity index (χ4v) is 4.64. The summed E-state index contributed by atoms with van der Waals surface area (Å²) >= 11 is 6.22. The summed E-state index contributed by atoms with van der Waals surface area (Å²) in [4.78, 5) is 11.1. The number of halogens is 2. The Hall–Kier alpha value is -3.04. The second-order valence-electron chi connectivity index (χ2n) is 8.53. The van der Waals surface area contributed by atoms with E-state index < -0.39 is 5.82 Å². The van der Waals surface area contributed by atoms with Crippen LogP contribution in [0.4, 0.5) is 10.2 Å². The summed E-state index contributed by atoms with van der Waals surface area (Å²) in [7, 11) is 3.18. The second-order valence-corrected chi connectivity index (χ2v) is 8.87. The smallest absolute Gasteiger partial charge is 0.224 e. The van der Waals surface area contributed by atoms with E-state index in [1.165, 1.54) is 0 Å². The molecule has 0 spiro atoms. The number of likely N-dealkylation sites (tertiary alicyclic amines) is 1. The third kappa shape index (κ3) is 5.84. The van der Waals surface area contributed by atoms with Crippen LogP contribution in [0.1, 0.15) is 32.3 Å². The lowest BCUT2D eigenvalue weighted by molar-refractivity contribution is 0.210. The summed E-state index contributed by atoms with van der Waals surface area (Å²) in [5, 5.41) is 4.53. The van der Waals surface area contributed by atoms with E-state index in [-0.39, 0.29) is 22.8 Å². The maximum atomic E-state index is 14.6. The van der Waals surface area contributed by atoms with Crippen molar-refractivity contribution < 1.29 is 23.3 Å². The van der Waals surface area contributed by atoms with Crippen molar-refractivity contribution in [3.63, 3.8) is 0 Å². The Morgan fingerprint density at radius 3 is 2.14 bits per heavy atom. The van der Waals surface area contributed by atoms with E-state index >= 15 is 0 Å². The number of piperidine rings is 1. The van der Waals surface area contributed by atoms with Gasteiger partial charge in [0.2, 0.25) is 11.1 Å². The van der Waals surface area contributed by atoms with Crippen LogP contribution in [-0.4, -0.2) is 61.4 Å². The van der Waals surface area contributed by atoms with Crippen molar-refractivity contribution in [1.29, 1.82) is 0 Å². The minimum absolute atomic E-state index is 0.168. The minimum atomic E-state index is -0.449. The Morgan fingerprint density at radius 1 is 0.944 bits per heavy atom. The fraction of sp³-hybridized carbons (Fsp3) is 0.462. The molecule has 0 unspecified atom stereocenters. The van der Waals surface area contributed by atoms with Gasteiger partial charge in [0, 0.05) is 37.1 Å². The van der Waals surface area contributed by atoms with Crippen molar-refractivity contribution >= 4 is 28.3 Å². The summed E-state index contributed by atoms with van der Waals surface area (Å²) in [6.45, 7) is 6.89. The molecule has 8 nitrogen and oxygen atoms in total. The van der Waals surface area contributed by atoms with Gasteiger partial charge in [-0.2, -0.15) is 4.39 Å². The van der Waals surface area contributed by atoms with E-state index in [2.05, 4.69) is 20.2 Å². The summed E-state index contributed by atoms with van der Waals surface area (Å²) in [5.41, 5.74) is 1.64. The second kappa shape index (κ2) is 11.8. The zero-order valence-corrected chi connectivity index (χ0v) is 21.8. The number of aromatic nitrogens is 2. The van der Waals surface area contributed by atoms with Crippen molar-refractivity contribution in [2.24, 2.45) is 0 Å². The molecule has 10 heteroatoms. The lowest BCUT2D eigenvalue weighted by Crippen LogP contribution is -2.38. The summed E-state index contributed by atoms with van der Waals surface area (Å²) in [5.74, 6) is 1.87. The molecular weight excluding hydrogens is 487 g/mol. The van der Waals surface area contributed by atoms with Gasteiger partial charge in [0.25, 0.3) is 0 Å². The first-order valence-electron chi connectivity index (χ1n) is 12.1. The molecule has 0 aliphatic carbocycles. The quantitative estimate of drug-likeness (QED) is 0.362. The van der Waals surface area contributed by atoms with Crippen LogP contribution >= 0.6 is 11.6 Å². The van der Waals surface area contributed by atoms with Crippen LogP contribution in [0.25, 0.3) is 10.9 Å². The van der Waals surface area contributed by atoms with Gasteiger partial charge in [0.1, 0.15) is 5.82 Å². The number of fused-ring (bicyclic) bond motifs is 1. The van der Waals surface area contributed by atoms with Gasteiger partial charge in [-0.3, -0.25) is 4.90 Å². The first-order chi connectivity index (χ1) is 17.4. The number of nitrogens with one attached hydrogen (secondary N) is 1. The molecule has 2 aromatic carbocycles. The Kier molecular flexibility index (Phi) is 8.53. The van der Waals surface area contributed by atoms with Crippen LogP contribution in [0.5, 0.6) is 23.0 Å². The highest BCUT2D eigenvalue weighted by Gasteiger charge is 2.22. The predicted molar refractivity (Wildman–Crippen MR) is 138 cm³/mol. The third-order valence-corrected chi connectivity index (χ3v) is 6.34. The van der Waals surface area contributed by atoms with Crippen molar-refractivity contribution in [1.82, 2.24) is 14.9 Å². The largest absolute Gasteiger partial charge is 0.493 e. The molecule has 1 aromatic heterocycles. The summed E-state index contributed by atoms with van der Waals surface area (Å²) in [6, 6.07) is 7.41. The molecule has 1 fully saturated rings. The van der Waals surface area contributed by atoms with Crippen molar-refractivity contribution in [2.75, 3.05) is 45.8 Å². The van der Waals surface area contributed by atoms with E-state index in [1.807, 2.05) is 19.9 Å². The molecule has 36 heavy (non-hydrogen) atoms. The molecule has 2 heterocycles. The number of nitrogens with zero attached hydrogens (tertiary/aromatic N) is 3. The molecule has 1 N–H and O–H groups in total. The number of methoxy groups -OCH3 is 2. The minimum Gasteiger partial charge on any atom is -0.493 e. The molecule has 0 bridgehead atoms. The topological polar surface area (TPSA) is 78.0 Å².